The van der Waals surface area contributed by atoms with Gasteiger partial charge in [0, 0.05) is 0 Å². The number of amides is 3. The van der Waals surface area contributed by atoms with Gasteiger partial charge in [0.15, 0.2) is 0 Å². The van der Waals surface area contributed by atoms with Gasteiger partial charge in [0.05, 0.1) is 4.47 Å². The van der Waals surface area contributed by atoms with Gasteiger partial charge in [-0.2, -0.15) is 0 Å². The Labute approximate surface area is 118 Å². The topological polar surface area (TPSA) is 67.4 Å². The van der Waals surface area contributed by atoms with Crippen LogP contribution < -0.4 is 15.4 Å². The Morgan fingerprint density at radius 3 is 2.74 bits per heavy atom. The molecule has 1 saturated heterocycles. The molecule has 19 heavy (non-hydrogen) atoms. The van der Waals surface area contributed by atoms with Gasteiger partial charge in [-0.15, -0.1) is 6.42 Å². The molecule has 0 unspecified atom stereocenters. The van der Waals surface area contributed by atoms with Crippen molar-refractivity contribution in [3.8, 4) is 18.1 Å². The summed E-state index contributed by atoms with van der Waals surface area (Å²) in [6.45, 7) is 0.178. The first-order chi connectivity index (χ1) is 9.10. The summed E-state index contributed by atoms with van der Waals surface area (Å²) in [6.07, 6.45) is 6.67. The summed E-state index contributed by atoms with van der Waals surface area (Å²) < 4.78 is 6.01. The average molecular weight is 321 g/mol. The molecule has 2 N–H and O–H groups in total. The molecule has 0 atom stereocenters. The summed E-state index contributed by atoms with van der Waals surface area (Å²) in [5.74, 6) is 2.53. The van der Waals surface area contributed by atoms with Crippen LogP contribution in [0, 0.1) is 12.3 Å². The van der Waals surface area contributed by atoms with Crippen LogP contribution in [-0.2, 0) is 4.79 Å². The average Bonchev–Trinajstić information content (AvgIpc) is 2.67. The highest BCUT2D eigenvalue weighted by Crippen LogP contribution is 2.26. The zero-order chi connectivity index (χ0) is 13.8. The SMILES string of the molecule is C#CCOc1ccc(/C=C2\NC(=O)NC2=O)cc1Br. The first kappa shape index (κ1) is 13.2. The Morgan fingerprint density at radius 2 is 2.16 bits per heavy atom. The first-order valence-corrected chi connectivity index (χ1v) is 6.09. The summed E-state index contributed by atoms with van der Waals surface area (Å²) >= 11 is 3.34. The van der Waals surface area contributed by atoms with E-state index in [2.05, 4.69) is 32.5 Å². The van der Waals surface area contributed by atoms with Gasteiger partial charge in [-0.25, -0.2) is 4.79 Å². The second kappa shape index (κ2) is 5.59. The van der Waals surface area contributed by atoms with E-state index in [0.717, 1.165) is 5.56 Å². The highest BCUT2D eigenvalue weighted by molar-refractivity contribution is 9.10. The summed E-state index contributed by atoms with van der Waals surface area (Å²) in [7, 11) is 0. The van der Waals surface area contributed by atoms with Crippen LogP contribution in [0.4, 0.5) is 4.79 Å². The molecule has 0 aliphatic carbocycles. The largest absolute Gasteiger partial charge is 0.480 e. The number of hydrogen-bond acceptors (Lipinski definition) is 3. The van der Waals surface area contributed by atoms with Gasteiger partial charge in [-0.05, 0) is 39.7 Å². The van der Waals surface area contributed by atoms with Crippen molar-refractivity contribution in [1.82, 2.24) is 10.6 Å². The van der Waals surface area contributed by atoms with Gasteiger partial charge in [0.25, 0.3) is 5.91 Å². The third-order valence-electron chi connectivity index (χ3n) is 2.30. The van der Waals surface area contributed by atoms with E-state index < -0.39 is 11.9 Å². The zero-order valence-electron chi connectivity index (χ0n) is 9.70. The number of nitrogens with one attached hydrogen (secondary N) is 2. The number of ether oxygens (including phenoxy) is 1. The molecule has 1 heterocycles. The molecule has 1 aliphatic rings. The lowest BCUT2D eigenvalue weighted by Crippen LogP contribution is -2.22. The minimum Gasteiger partial charge on any atom is -0.480 e. The summed E-state index contributed by atoms with van der Waals surface area (Å²) in [4.78, 5) is 22.3. The molecular weight excluding hydrogens is 312 g/mol. The van der Waals surface area contributed by atoms with Crippen molar-refractivity contribution in [3.63, 3.8) is 0 Å². The van der Waals surface area contributed by atoms with E-state index in [9.17, 15) is 9.59 Å². The quantitative estimate of drug-likeness (QED) is 0.505. The lowest BCUT2D eigenvalue weighted by molar-refractivity contribution is -0.115. The van der Waals surface area contributed by atoms with Gasteiger partial charge in [-0.3, -0.25) is 10.1 Å². The van der Waals surface area contributed by atoms with E-state index in [4.69, 9.17) is 11.2 Å². The fourth-order valence-corrected chi connectivity index (χ4v) is 2.00. The molecule has 1 aromatic rings. The van der Waals surface area contributed by atoms with E-state index in [1.165, 1.54) is 0 Å². The van der Waals surface area contributed by atoms with Gasteiger partial charge in [-0.1, -0.05) is 12.0 Å². The van der Waals surface area contributed by atoms with Crippen LogP contribution >= 0.6 is 15.9 Å². The normalized spacial score (nSPS) is 15.9. The number of rotatable bonds is 3. The van der Waals surface area contributed by atoms with E-state index in [-0.39, 0.29) is 12.3 Å². The fourth-order valence-electron chi connectivity index (χ4n) is 1.49. The molecule has 0 spiro atoms. The Balaban J connectivity index is 2.21. The van der Waals surface area contributed by atoms with Gasteiger partial charge >= 0.3 is 6.03 Å². The van der Waals surface area contributed by atoms with Crippen LogP contribution in [0.5, 0.6) is 5.75 Å². The molecule has 6 heteroatoms. The molecule has 1 fully saturated rings. The van der Waals surface area contributed by atoms with E-state index in [0.29, 0.717) is 10.2 Å². The monoisotopic (exact) mass is 320 g/mol. The Kier molecular flexibility index (Phi) is 3.88. The standard InChI is InChI=1S/C13H9BrN2O3/c1-2-5-19-11-4-3-8(6-9(11)14)7-10-12(17)16-13(18)15-10/h1,3-4,6-7H,5H2,(H2,15,16,17,18)/b10-7-. The summed E-state index contributed by atoms with van der Waals surface area (Å²) in [6, 6.07) is 4.71. The van der Waals surface area contributed by atoms with Crippen LogP contribution in [0.3, 0.4) is 0 Å². The van der Waals surface area contributed by atoms with Crippen molar-refractivity contribution < 1.29 is 14.3 Å². The van der Waals surface area contributed by atoms with E-state index >= 15 is 0 Å². The first-order valence-electron chi connectivity index (χ1n) is 5.30. The maximum atomic E-state index is 11.4. The molecule has 3 amide bonds. The van der Waals surface area contributed by atoms with Gasteiger partial charge in [0.2, 0.25) is 0 Å². The van der Waals surface area contributed by atoms with Crippen LogP contribution in [0.15, 0.2) is 28.4 Å². The number of imide groups is 1. The predicted molar refractivity (Wildman–Crippen MR) is 73.1 cm³/mol. The maximum absolute atomic E-state index is 11.4. The minimum atomic E-state index is -0.524. The van der Waals surface area contributed by atoms with Crippen molar-refractivity contribution in [2.45, 2.75) is 0 Å². The van der Waals surface area contributed by atoms with E-state index in [1.807, 2.05) is 0 Å². The third kappa shape index (κ3) is 3.14. The highest BCUT2D eigenvalue weighted by atomic mass is 79.9. The van der Waals surface area contributed by atoms with Crippen LogP contribution in [0.2, 0.25) is 0 Å². The molecule has 0 radical (unpaired) electrons. The molecule has 0 bridgehead atoms. The Hall–Kier alpha value is -2.26. The van der Waals surface area contributed by atoms with Crippen molar-refractivity contribution in [3.05, 3.63) is 33.9 Å². The zero-order valence-corrected chi connectivity index (χ0v) is 11.3. The third-order valence-corrected chi connectivity index (χ3v) is 2.92. The maximum Gasteiger partial charge on any atom is 0.326 e. The minimum absolute atomic E-state index is 0.178. The molecule has 1 aliphatic heterocycles. The summed E-state index contributed by atoms with van der Waals surface area (Å²) in [5, 5.41) is 4.53. The second-order valence-corrected chi connectivity index (χ2v) is 4.50. The highest BCUT2D eigenvalue weighted by Gasteiger charge is 2.22. The molecule has 1 aromatic carbocycles. The number of carbonyl (C=O) groups excluding carboxylic acids is 2. The van der Waals surface area contributed by atoms with Crippen molar-refractivity contribution in [2.75, 3.05) is 6.61 Å². The predicted octanol–water partition coefficient (Wildman–Crippen LogP) is 1.64. The lowest BCUT2D eigenvalue weighted by Gasteiger charge is -2.05. The number of terminal acetylenes is 1. The van der Waals surface area contributed by atoms with Crippen LogP contribution in [0.1, 0.15) is 5.56 Å². The second-order valence-electron chi connectivity index (χ2n) is 3.65. The van der Waals surface area contributed by atoms with Crippen molar-refractivity contribution in [1.29, 1.82) is 0 Å². The molecule has 0 saturated carbocycles. The molecule has 2 rings (SSSR count). The lowest BCUT2D eigenvalue weighted by atomic mass is 10.2. The van der Waals surface area contributed by atoms with Crippen molar-refractivity contribution >= 4 is 33.9 Å². The Bertz CT molecular complexity index is 617. The number of carbonyl (C=O) groups is 2. The number of hydrogen-bond donors (Lipinski definition) is 2. The van der Waals surface area contributed by atoms with E-state index in [1.54, 1.807) is 24.3 Å². The fraction of sp³-hybridized carbons (Fsp3) is 0.0769. The molecule has 96 valence electrons. The summed E-state index contributed by atoms with van der Waals surface area (Å²) in [5.41, 5.74) is 0.946. The Morgan fingerprint density at radius 1 is 1.37 bits per heavy atom. The smallest absolute Gasteiger partial charge is 0.326 e. The molecule has 0 aromatic heterocycles. The molecular formula is C13H9BrN2O3. The number of halogens is 1. The van der Waals surface area contributed by atoms with Crippen LogP contribution in [0.25, 0.3) is 6.08 Å². The van der Waals surface area contributed by atoms with Gasteiger partial charge in [0.1, 0.15) is 18.1 Å². The van der Waals surface area contributed by atoms with Crippen molar-refractivity contribution in [2.24, 2.45) is 0 Å². The van der Waals surface area contributed by atoms with Crippen LogP contribution in [-0.4, -0.2) is 18.5 Å². The number of benzene rings is 1. The number of urea groups is 1. The van der Waals surface area contributed by atoms with Gasteiger partial charge < -0.3 is 10.1 Å². The molecule has 5 nitrogen and oxygen atoms in total.